The molecule has 0 unspecified atom stereocenters. The van der Waals surface area contributed by atoms with Gasteiger partial charge in [0.1, 0.15) is 5.76 Å². The van der Waals surface area contributed by atoms with E-state index in [2.05, 4.69) is 17.2 Å². The minimum Gasteiger partial charge on any atom is -0.469 e. The molecule has 0 aliphatic carbocycles. The van der Waals surface area contributed by atoms with Gasteiger partial charge in [-0.3, -0.25) is 4.79 Å². The fraction of sp³-hybridized carbons (Fsp3) is 0.267. The molecule has 0 bridgehead atoms. The number of aliphatic hydroxyl groups is 1. The van der Waals surface area contributed by atoms with Crippen LogP contribution in [0.5, 0.6) is 0 Å². The van der Waals surface area contributed by atoms with E-state index in [0.29, 0.717) is 24.3 Å². The molecule has 20 heavy (non-hydrogen) atoms. The first-order valence-electron chi connectivity index (χ1n) is 6.20. The first-order valence-corrected chi connectivity index (χ1v) is 7.08. The Kier molecular flexibility index (Phi) is 4.99. The fourth-order valence-electron chi connectivity index (χ4n) is 1.68. The summed E-state index contributed by atoms with van der Waals surface area (Å²) in [6, 6.07) is 3.57. The van der Waals surface area contributed by atoms with Crippen molar-refractivity contribution < 1.29 is 14.3 Å². The lowest BCUT2D eigenvalue weighted by Crippen LogP contribution is -2.22. The summed E-state index contributed by atoms with van der Waals surface area (Å²) in [6.45, 7) is 2.25. The molecule has 5 heteroatoms. The van der Waals surface area contributed by atoms with Gasteiger partial charge in [0, 0.05) is 16.9 Å². The van der Waals surface area contributed by atoms with Crippen molar-refractivity contribution in [3.8, 4) is 11.8 Å². The second kappa shape index (κ2) is 6.94. The molecule has 104 valence electrons. The number of carbonyl (C=O) groups excluding carboxylic acids is 1. The Balaban J connectivity index is 1.98. The van der Waals surface area contributed by atoms with Crippen molar-refractivity contribution in [2.75, 3.05) is 6.61 Å². The maximum atomic E-state index is 12.0. The van der Waals surface area contributed by atoms with Gasteiger partial charge in [-0.1, -0.05) is 11.8 Å². The fourth-order valence-corrected chi connectivity index (χ4v) is 2.45. The quantitative estimate of drug-likeness (QED) is 0.849. The lowest BCUT2D eigenvalue weighted by Gasteiger charge is -2.03. The van der Waals surface area contributed by atoms with Crippen LogP contribution in [0.2, 0.25) is 0 Å². The van der Waals surface area contributed by atoms with Gasteiger partial charge in [0.2, 0.25) is 0 Å². The Bertz CT molecular complexity index is 645. The molecule has 0 aliphatic heterocycles. The van der Waals surface area contributed by atoms with Crippen molar-refractivity contribution in [2.45, 2.75) is 19.9 Å². The number of rotatable bonds is 4. The van der Waals surface area contributed by atoms with Gasteiger partial charge in [-0.05, 0) is 24.4 Å². The highest BCUT2D eigenvalue weighted by Crippen LogP contribution is 2.16. The summed E-state index contributed by atoms with van der Waals surface area (Å²) in [4.78, 5) is 13.0. The average molecular weight is 289 g/mol. The van der Waals surface area contributed by atoms with Crippen LogP contribution in [0.3, 0.4) is 0 Å². The van der Waals surface area contributed by atoms with Gasteiger partial charge in [0.05, 0.1) is 25.0 Å². The normalized spacial score (nSPS) is 9.90. The van der Waals surface area contributed by atoms with Crippen LogP contribution in [-0.2, 0) is 6.54 Å². The molecule has 0 radical (unpaired) electrons. The van der Waals surface area contributed by atoms with Crippen LogP contribution >= 0.6 is 11.3 Å². The predicted octanol–water partition coefficient (Wildman–Crippen LogP) is 2.31. The highest BCUT2D eigenvalue weighted by Gasteiger charge is 2.11. The Morgan fingerprint density at radius 2 is 2.35 bits per heavy atom. The molecule has 0 saturated carbocycles. The summed E-state index contributed by atoms with van der Waals surface area (Å²) >= 11 is 1.55. The number of aliphatic hydroxyl groups excluding tert-OH is 1. The number of aryl methyl sites for hydroxylation is 1. The van der Waals surface area contributed by atoms with Crippen molar-refractivity contribution >= 4 is 17.2 Å². The molecule has 1 amide bonds. The zero-order valence-electron chi connectivity index (χ0n) is 11.1. The molecular weight excluding hydrogens is 274 g/mol. The van der Waals surface area contributed by atoms with Crippen LogP contribution in [0.25, 0.3) is 0 Å². The molecule has 0 aromatic carbocycles. The topological polar surface area (TPSA) is 62.5 Å². The van der Waals surface area contributed by atoms with Crippen LogP contribution < -0.4 is 5.32 Å². The number of hydrogen-bond donors (Lipinski definition) is 2. The summed E-state index contributed by atoms with van der Waals surface area (Å²) in [6.07, 6.45) is 1.96. The third kappa shape index (κ3) is 3.50. The zero-order chi connectivity index (χ0) is 14.4. The first-order chi connectivity index (χ1) is 9.72. The molecule has 2 aromatic rings. The first kappa shape index (κ1) is 14.4. The molecule has 4 nitrogen and oxygen atoms in total. The summed E-state index contributed by atoms with van der Waals surface area (Å²) < 4.78 is 5.11. The van der Waals surface area contributed by atoms with E-state index in [1.807, 2.05) is 11.4 Å². The van der Waals surface area contributed by atoms with Crippen LogP contribution in [-0.4, -0.2) is 17.6 Å². The Hall–Kier alpha value is -2.03. The van der Waals surface area contributed by atoms with Gasteiger partial charge >= 0.3 is 0 Å². The van der Waals surface area contributed by atoms with Crippen LogP contribution in [0, 0.1) is 18.8 Å². The minimum atomic E-state index is -0.154. The number of furan rings is 1. The monoisotopic (exact) mass is 289 g/mol. The molecule has 0 aliphatic rings. The van der Waals surface area contributed by atoms with Gasteiger partial charge in [0.15, 0.2) is 0 Å². The van der Waals surface area contributed by atoms with Crippen molar-refractivity contribution in [3.63, 3.8) is 0 Å². The highest BCUT2D eigenvalue weighted by atomic mass is 32.1. The Morgan fingerprint density at radius 3 is 3.05 bits per heavy atom. The maximum absolute atomic E-state index is 12.0. The standard InChI is InChI=1S/C15H15NO3S/c1-11-13(5-8-19-11)15(18)16-10-14-12(6-9-20-14)4-2-3-7-17/h5-6,8-9,17H,3,7,10H2,1H3,(H,16,18). The van der Waals surface area contributed by atoms with E-state index in [-0.39, 0.29) is 12.5 Å². The summed E-state index contributed by atoms with van der Waals surface area (Å²) in [5, 5.41) is 13.5. The summed E-state index contributed by atoms with van der Waals surface area (Å²) in [5.74, 6) is 6.33. The SMILES string of the molecule is Cc1occc1C(=O)NCc1sccc1C#CCCO. The maximum Gasteiger partial charge on any atom is 0.255 e. The third-order valence-corrected chi connectivity index (χ3v) is 3.64. The number of carbonyl (C=O) groups is 1. The molecule has 2 heterocycles. The van der Waals surface area contributed by atoms with Crippen LogP contribution in [0.15, 0.2) is 28.2 Å². The average Bonchev–Trinajstić information content (AvgIpc) is 3.05. The molecule has 0 saturated heterocycles. The Labute approximate surface area is 121 Å². The third-order valence-electron chi connectivity index (χ3n) is 2.72. The van der Waals surface area contributed by atoms with E-state index in [1.165, 1.54) is 6.26 Å². The van der Waals surface area contributed by atoms with E-state index >= 15 is 0 Å². The largest absolute Gasteiger partial charge is 0.469 e. The van der Waals surface area contributed by atoms with Crippen LogP contribution in [0.1, 0.15) is 33.0 Å². The van der Waals surface area contributed by atoms with Crippen molar-refractivity contribution in [2.24, 2.45) is 0 Å². The van der Waals surface area contributed by atoms with Gasteiger partial charge in [-0.15, -0.1) is 11.3 Å². The van der Waals surface area contributed by atoms with E-state index < -0.39 is 0 Å². The smallest absolute Gasteiger partial charge is 0.255 e. The van der Waals surface area contributed by atoms with E-state index in [1.54, 1.807) is 24.3 Å². The highest BCUT2D eigenvalue weighted by molar-refractivity contribution is 7.10. The second-order valence-corrected chi connectivity index (χ2v) is 5.11. The molecule has 0 fully saturated rings. The number of thiophene rings is 1. The lowest BCUT2D eigenvalue weighted by molar-refractivity contribution is 0.0950. The number of hydrogen-bond acceptors (Lipinski definition) is 4. The molecule has 2 N–H and O–H groups in total. The minimum absolute atomic E-state index is 0.0585. The molecule has 0 spiro atoms. The van der Waals surface area contributed by atoms with Gasteiger partial charge in [0.25, 0.3) is 5.91 Å². The predicted molar refractivity (Wildman–Crippen MR) is 77.5 cm³/mol. The molecule has 2 aromatic heterocycles. The Morgan fingerprint density at radius 1 is 1.50 bits per heavy atom. The number of amides is 1. The van der Waals surface area contributed by atoms with E-state index in [0.717, 1.165) is 10.4 Å². The van der Waals surface area contributed by atoms with Gasteiger partial charge in [-0.25, -0.2) is 0 Å². The van der Waals surface area contributed by atoms with Crippen molar-refractivity contribution in [1.29, 1.82) is 0 Å². The molecular formula is C15H15NO3S. The van der Waals surface area contributed by atoms with Crippen LogP contribution in [0.4, 0.5) is 0 Å². The zero-order valence-corrected chi connectivity index (χ0v) is 11.9. The second-order valence-electron chi connectivity index (χ2n) is 4.11. The van der Waals surface area contributed by atoms with Gasteiger partial charge in [-0.2, -0.15) is 0 Å². The van der Waals surface area contributed by atoms with Gasteiger partial charge < -0.3 is 14.8 Å². The van der Waals surface area contributed by atoms with Crippen molar-refractivity contribution in [3.05, 3.63) is 45.5 Å². The van der Waals surface area contributed by atoms with E-state index in [9.17, 15) is 4.79 Å². The molecule has 0 atom stereocenters. The lowest BCUT2D eigenvalue weighted by atomic mass is 10.2. The van der Waals surface area contributed by atoms with Crippen molar-refractivity contribution in [1.82, 2.24) is 5.32 Å². The summed E-state index contributed by atoms with van der Waals surface area (Å²) in [7, 11) is 0. The van der Waals surface area contributed by atoms with E-state index in [4.69, 9.17) is 9.52 Å². The number of nitrogens with one attached hydrogen (secondary N) is 1. The summed E-state index contributed by atoms with van der Waals surface area (Å²) in [5.41, 5.74) is 1.45. The molecule has 2 rings (SSSR count).